The molecule has 138 valence electrons. The van der Waals surface area contributed by atoms with Crippen LogP contribution in [0.15, 0.2) is 54.7 Å². The number of H-pyrrole nitrogens is 1. The first-order valence-corrected chi connectivity index (χ1v) is 9.53. The highest BCUT2D eigenvalue weighted by atomic mass is 16.5. The average Bonchev–Trinajstić information content (AvgIpc) is 3.08. The topological polar surface area (TPSA) is 63.9 Å². The highest BCUT2D eigenvalue weighted by Gasteiger charge is 2.08. The molecule has 3 N–H and O–H groups in total. The van der Waals surface area contributed by atoms with Gasteiger partial charge in [-0.05, 0) is 72.8 Å². The average molecular weight is 359 g/mol. The van der Waals surface area contributed by atoms with Crippen molar-refractivity contribution in [2.75, 3.05) is 13.7 Å². The summed E-state index contributed by atoms with van der Waals surface area (Å²) in [6, 6.07) is 17.0. The van der Waals surface area contributed by atoms with Gasteiger partial charge in [0.15, 0.2) is 0 Å². The van der Waals surface area contributed by atoms with Gasteiger partial charge < -0.3 is 15.5 Å². The highest BCUT2D eigenvalue weighted by molar-refractivity contribution is 6.07. The zero-order valence-corrected chi connectivity index (χ0v) is 15.7. The number of benzene rings is 2. The van der Waals surface area contributed by atoms with Crippen molar-refractivity contribution in [3.8, 4) is 16.9 Å². The molecular weight excluding hydrogens is 334 g/mol. The minimum absolute atomic E-state index is 0.772. The summed E-state index contributed by atoms with van der Waals surface area (Å²) in [6.45, 7) is 0.772. The fourth-order valence-corrected chi connectivity index (χ4v) is 3.57. The summed E-state index contributed by atoms with van der Waals surface area (Å²) in [5.74, 6) is 0.871. The van der Waals surface area contributed by atoms with Crippen molar-refractivity contribution in [1.29, 1.82) is 0 Å². The molecule has 0 atom stereocenters. The van der Waals surface area contributed by atoms with E-state index in [4.69, 9.17) is 10.5 Å². The van der Waals surface area contributed by atoms with E-state index in [2.05, 4.69) is 46.4 Å². The zero-order chi connectivity index (χ0) is 18.6. The van der Waals surface area contributed by atoms with Gasteiger partial charge in [0, 0.05) is 22.5 Å². The van der Waals surface area contributed by atoms with Crippen LogP contribution in [0.5, 0.6) is 5.75 Å². The van der Waals surface area contributed by atoms with Crippen LogP contribution in [0.25, 0.3) is 33.1 Å². The second-order valence-electron chi connectivity index (χ2n) is 6.95. The Morgan fingerprint density at radius 3 is 2.52 bits per heavy atom. The monoisotopic (exact) mass is 359 g/mol. The largest absolute Gasteiger partial charge is 0.497 e. The number of aromatic nitrogens is 2. The Labute approximate surface area is 159 Å². The molecule has 4 heteroatoms. The Kier molecular flexibility index (Phi) is 5.07. The number of aromatic amines is 1. The fourth-order valence-electron chi connectivity index (χ4n) is 3.57. The van der Waals surface area contributed by atoms with Crippen molar-refractivity contribution in [2.24, 2.45) is 5.73 Å². The number of nitrogens with zero attached hydrogens (tertiary/aromatic N) is 1. The normalized spacial score (nSPS) is 11.3. The summed E-state index contributed by atoms with van der Waals surface area (Å²) in [7, 11) is 1.69. The fraction of sp³-hybridized carbons (Fsp3) is 0.261. The molecule has 0 saturated heterocycles. The predicted octanol–water partition coefficient (Wildman–Crippen LogP) is 5.06. The first-order chi connectivity index (χ1) is 13.3. The van der Waals surface area contributed by atoms with Gasteiger partial charge in [0.1, 0.15) is 11.4 Å². The molecule has 2 aromatic carbocycles. The molecule has 0 amide bonds. The van der Waals surface area contributed by atoms with Crippen molar-refractivity contribution >= 4 is 21.9 Å². The number of methoxy groups -OCH3 is 1. The maximum atomic E-state index is 5.59. The molecular formula is C23H25N3O. The van der Waals surface area contributed by atoms with Gasteiger partial charge in [-0.25, -0.2) is 4.98 Å². The summed E-state index contributed by atoms with van der Waals surface area (Å²) in [4.78, 5) is 8.08. The maximum absolute atomic E-state index is 5.59. The minimum Gasteiger partial charge on any atom is -0.497 e. The zero-order valence-electron chi connectivity index (χ0n) is 15.7. The summed E-state index contributed by atoms with van der Waals surface area (Å²) >= 11 is 0. The van der Waals surface area contributed by atoms with Crippen molar-refractivity contribution in [2.45, 2.75) is 25.7 Å². The van der Waals surface area contributed by atoms with Crippen LogP contribution >= 0.6 is 0 Å². The molecule has 0 aliphatic rings. The van der Waals surface area contributed by atoms with Crippen molar-refractivity contribution < 1.29 is 4.74 Å². The number of pyridine rings is 1. The molecule has 2 heterocycles. The third kappa shape index (κ3) is 3.67. The van der Waals surface area contributed by atoms with Gasteiger partial charge in [-0.2, -0.15) is 0 Å². The third-order valence-electron chi connectivity index (χ3n) is 5.10. The first kappa shape index (κ1) is 17.6. The van der Waals surface area contributed by atoms with E-state index in [9.17, 15) is 0 Å². The van der Waals surface area contributed by atoms with E-state index in [1.807, 2.05) is 18.3 Å². The van der Waals surface area contributed by atoms with Crippen LogP contribution in [0.4, 0.5) is 0 Å². The van der Waals surface area contributed by atoms with Crippen LogP contribution in [-0.4, -0.2) is 23.6 Å². The van der Waals surface area contributed by atoms with E-state index in [-0.39, 0.29) is 0 Å². The summed E-state index contributed by atoms with van der Waals surface area (Å²) in [6.07, 6.45) is 6.46. The number of hydrogen-bond acceptors (Lipinski definition) is 3. The standard InChI is InChI=1S/C23H25N3O/c1-27-19-9-6-17(7-10-19)18-8-11-22-20(14-18)21-13-16(5-3-2-4-12-24)15-25-23(21)26-22/h6-11,13-15H,2-5,12,24H2,1H3,(H,25,26). The lowest BCUT2D eigenvalue weighted by Gasteiger charge is -2.05. The minimum atomic E-state index is 0.772. The Morgan fingerprint density at radius 1 is 0.926 bits per heavy atom. The molecule has 4 aromatic rings. The van der Waals surface area contributed by atoms with Crippen LogP contribution in [0, 0.1) is 0 Å². The molecule has 0 spiro atoms. The van der Waals surface area contributed by atoms with Crippen molar-refractivity contribution in [3.05, 3.63) is 60.3 Å². The molecule has 0 unspecified atom stereocenters. The second-order valence-corrected chi connectivity index (χ2v) is 6.95. The van der Waals surface area contributed by atoms with Crippen LogP contribution in [0.1, 0.15) is 24.8 Å². The van der Waals surface area contributed by atoms with Crippen LogP contribution in [-0.2, 0) is 6.42 Å². The Balaban J connectivity index is 1.68. The SMILES string of the molecule is COc1ccc(-c2ccc3[nH]c4ncc(CCCCCN)cc4c3c2)cc1. The third-order valence-corrected chi connectivity index (χ3v) is 5.10. The molecule has 0 radical (unpaired) electrons. The number of nitrogens with one attached hydrogen (secondary N) is 1. The molecule has 4 nitrogen and oxygen atoms in total. The quantitative estimate of drug-likeness (QED) is 0.453. The molecule has 0 fully saturated rings. The van der Waals surface area contributed by atoms with E-state index in [0.717, 1.165) is 42.7 Å². The molecule has 0 aliphatic heterocycles. The molecule has 0 bridgehead atoms. The number of hydrogen-bond donors (Lipinski definition) is 2. The lowest BCUT2D eigenvalue weighted by molar-refractivity contribution is 0.415. The van der Waals surface area contributed by atoms with Crippen molar-refractivity contribution in [1.82, 2.24) is 9.97 Å². The smallest absolute Gasteiger partial charge is 0.138 e. The van der Waals surface area contributed by atoms with E-state index in [1.54, 1.807) is 7.11 Å². The van der Waals surface area contributed by atoms with Gasteiger partial charge in [0.25, 0.3) is 0 Å². The number of unbranched alkanes of at least 4 members (excludes halogenated alkanes) is 2. The van der Waals surface area contributed by atoms with Gasteiger partial charge in [-0.1, -0.05) is 24.6 Å². The lowest BCUT2D eigenvalue weighted by atomic mass is 10.0. The van der Waals surface area contributed by atoms with Crippen LogP contribution < -0.4 is 10.5 Å². The van der Waals surface area contributed by atoms with Gasteiger partial charge >= 0.3 is 0 Å². The summed E-state index contributed by atoms with van der Waals surface area (Å²) in [5, 5.41) is 2.41. The Hall–Kier alpha value is -2.85. The van der Waals surface area contributed by atoms with Gasteiger partial charge in [-0.3, -0.25) is 0 Å². The first-order valence-electron chi connectivity index (χ1n) is 9.53. The van der Waals surface area contributed by atoms with Crippen LogP contribution in [0.3, 0.4) is 0 Å². The predicted molar refractivity (Wildman–Crippen MR) is 112 cm³/mol. The second kappa shape index (κ2) is 7.80. The number of aryl methyl sites for hydroxylation is 1. The van der Waals surface area contributed by atoms with E-state index < -0.39 is 0 Å². The van der Waals surface area contributed by atoms with Crippen LogP contribution in [0.2, 0.25) is 0 Å². The molecule has 0 saturated carbocycles. The highest BCUT2D eigenvalue weighted by Crippen LogP contribution is 2.30. The lowest BCUT2D eigenvalue weighted by Crippen LogP contribution is -1.98. The van der Waals surface area contributed by atoms with Gasteiger partial charge in [0.2, 0.25) is 0 Å². The Morgan fingerprint density at radius 2 is 1.74 bits per heavy atom. The molecule has 2 aromatic heterocycles. The van der Waals surface area contributed by atoms with E-state index in [0.29, 0.717) is 0 Å². The summed E-state index contributed by atoms with van der Waals surface area (Å²) in [5.41, 5.74) is 11.3. The van der Waals surface area contributed by atoms with Gasteiger partial charge in [0.05, 0.1) is 7.11 Å². The number of nitrogens with two attached hydrogens (primary N) is 1. The number of rotatable bonds is 7. The molecule has 4 rings (SSSR count). The van der Waals surface area contributed by atoms with E-state index >= 15 is 0 Å². The van der Waals surface area contributed by atoms with Crippen molar-refractivity contribution in [3.63, 3.8) is 0 Å². The summed E-state index contributed by atoms with van der Waals surface area (Å²) < 4.78 is 5.26. The molecule has 27 heavy (non-hydrogen) atoms. The molecule has 0 aliphatic carbocycles. The Bertz CT molecular complexity index is 1050. The number of ether oxygens (including phenoxy) is 1. The maximum Gasteiger partial charge on any atom is 0.138 e. The number of fused-ring (bicyclic) bond motifs is 3. The van der Waals surface area contributed by atoms with Gasteiger partial charge in [-0.15, -0.1) is 0 Å². The van der Waals surface area contributed by atoms with E-state index in [1.165, 1.54) is 33.9 Å².